The average molecular weight is 465 g/mol. The van der Waals surface area contributed by atoms with Crippen LogP contribution in [-0.4, -0.2) is 11.0 Å². The van der Waals surface area contributed by atoms with E-state index >= 15 is 4.57 Å². The Labute approximate surface area is 198 Å². The summed E-state index contributed by atoms with van der Waals surface area (Å²) >= 11 is 0. The van der Waals surface area contributed by atoms with Crippen molar-refractivity contribution in [2.24, 2.45) is 0 Å². The van der Waals surface area contributed by atoms with Gasteiger partial charge in [0.1, 0.15) is 5.66 Å². The average Bonchev–Trinajstić information content (AvgIpc) is 2.88. The van der Waals surface area contributed by atoms with Gasteiger partial charge >= 0.3 is 0 Å². The topological polar surface area (TPSA) is 60.2 Å². The molecule has 5 aromatic carbocycles. The summed E-state index contributed by atoms with van der Waals surface area (Å²) in [7, 11) is -3.60. The van der Waals surface area contributed by atoms with Crippen LogP contribution < -0.4 is 10.6 Å². The van der Waals surface area contributed by atoms with Crippen LogP contribution in [-0.2, 0) is 4.57 Å². The molecule has 0 aliphatic heterocycles. The van der Waals surface area contributed by atoms with E-state index in [2.05, 4.69) is 0 Å². The van der Waals surface area contributed by atoms with Crippen molar-refractivity contribution in [2.75, 3.05) is 0 Å². The Morgan fingerprint density at radius 1 is 0.647 bits per heavy atom. The van der Waals surface area contributed by atoms with E-state index in [4.69, 9.17) is 0 Å². The molecular formula is C29H24NO3P. The van der Waals surface area contributed by atoms with E-state index in [1.165, 1.54) is 0 Å². The van der Waals surface area contributed by atoms with Gasteiger partial charge in [-0.1, -0.05) is 115 Å². The van der Waals surface area contributed by atoms with Crippen LogP contribution in [0.15, 0.2) is 115 Å². The van der Waals surface area contributed by atoms with Gasteiger partial charge in [0.15, 0.2) is 7.14 Å². The second kappa shape index (κ2) is 8.89. The fourth-order valence-electron chi connectivity index (χ4n) is 4.98. The number of fused-ring (bicyclic) bond motifs is 2. The molecule has 0 bridgehead atoms. The van der Waals surface area contributed by atoms with Gasteiger partial charge < -0.3 is 4.57 Å². The number of nitrogens with zero attached hydrogens (tertiary/aromatic N) is 1. The third-order valence-corrected chi connectivity index (χ3v) is 10.3. The lowest BCUT2D eigenvalue weighted by molar-refractivity contribution is -0.518. The van der Waals surface area contributed by atoms with E-state index in [1.807, 2.05) is 115 Å². The van der Waals surface area contributed by atoms with Gasteiger partial charge in [0, 0.05) is 22.5 Å². The Kier molecular flexibility index (Phi) is 5.77. The molecule has 0 N–H and O–H groups in total. The zero-order chi connectivity index (χ0) is 23.7. The van der Waals surface area contributed by atoms with Crippen LogP contribution in [0.1, 0.15) is 18.1 Å². The molecule has 0 saturated heterocycles. The highest BCUT2D eigenvalue weighted by Crippen LogP contribution is 2.61. The number of nitro groups is 1. The van der Waals surface area contributed by atoms with E-state index in [0.717, 1.165) is 21.5 Å². The van der Waals surface area contributed by atoms with Crippen molar-refractivity contribution in [3.8, 4) is 0 Å². The highest BCUT2D eigenvalue weighted by molar-refractivity contribution is 7.80. The second-order valence-electron chi connectivity index (χ2n) is 8.54. The predicted octanol–water partition coefficient (Wildman–Crippen LogP) is 6.71. The second-order valence-corrected chi connectivity index (χ2v) is 11.4. The van der Waals surface area contributed by atoms with Crippen LogP contribution >= 0.6 is 7.14 Å². The third-order valence-electron chi connectivity index (χ3n) is 6.57. The fourth-order valence-corrected chi connectivity index (χ4v) is 8.89. The van der Waals surface area contributed by atoms with Gasteiger partial charge in [-0.15, -0.1) is 0 Å². The maximum absolute atomic E-state index is 15.8. The molecule has 0 fully saturated rings. The van der Waals surface area contributed by atoms with Gasteiger partial charge in [-0.25, -0.2) is 0 Å². The van der Waals surface area contributed by atoms with Crippen molar-refractivity contribution in [2.45, 2.75) is 18.6 Å². The highest BCUT2D eigenvalue weighted by Gasteiger charge is 2.47. The maximum atomic E-state index is 15.8. The SMILES string of the molecule is C[C@@H]([C@@H](c1ccccc1)P(=O)(c1cccc2ccccc12)c1cccc2ccccc12)[N+](=O)[O-]. The molecule has 168 valence electrons. The van der Waals surface area contributed by atoms with E-state index in [1.54, 1.807) is 6.92 Å². The van der Waals surface area contributed by atoms with Crippen molar-refractivity contribution >= 4 is 39.3 Å². The molecule has 0 heterocycles. The van der Waals surface area contributed by atoms with E-state index in [9.17, 15) is 10.1 Å². The van der Waals surface area contributed by atoms with E-state index in [0.29, 0.717) is 16.2 Å². The number of benzene rings is 5. The summed E-state index contributed by atoms with van der Waals surface area (Å²) in [6, 6.07) is 35.4. The molecular weight excluding hydrogens is 441 g/mol. The third kappa shape index (κ3) is 3.61. The molecule has 5 rings (SSSR count). The van der Waals surface area contributed by atoms with Crippen LogP contribution in [0.25, 0.3) is 21.5 Å². The van der Waals surface area contributed by atoms with Gasteiger partial charge in [0.05, 0.1) is 0 Å². The van der Waals surface area contributed by atoms with Crippen molar-refractivity contribution in [1.29, 1.82) is 0 Å². The molecule has 5 aromatic rings. The molecule has 2 atom stereocenters. The molecule has 34 heavy (non-hydrogen) atoms. The first kappa shape index (κ1) is 22.1. The minimum atomic E-state index is -3.60. The number of hydrogen-bond acceptors (Lipinski definition) is 3. The largest absolute Gasteiger partial charge is 0.313 e. The number of rotatable bonds is 6. The van der Waals surface area contributed by atoms with E-state index in [-0.39, 0.29) is 4.92 Å². The van der Waals surface area contributed by atoms with Crippen LogP contribution in [0.3, 0.4) is 0 Å². The predicted molar refractivity (Wildman–Crippen MR) is 140 cm³/mol. The van der Waals surface area contributed by atoms with Crippen LogP contribution in [0.5, 0.6) is 0 Å². The smallest absolute Gasteiger partial charge is 0.224 e. The minimum Gasteiger partial charge on any atom is -0.313 e. The normalized spacial score (nSPS) is 13.6. The summed E-state index contributed by atoms with van der Waals surface area (Å²) in [5.74, 6) is 0. The standard InChI is InChI=1S/C29H24NO3P/c1-21(30(31)32)29(24-13-3-2-4-14-24)34(33,27-19-9-15-22-11-5-7-17-25(22)27)28-20-10-16-23-12-6-8-18-26(23)28/h2-21,29H,1H3/t21-,29-/m0/s1. The Hall–Kier alpha value is -3.75. The molecule has 0 radical (unpaired) electrons. The van der Waals surface area contributed by atoms with Crippen LogP contribution in [0.4, 0.5) is 0 Å². The fraction of sp³-hybridized carbons (Fsp3) is 0.103. The first-order valence-electron chi connectivity index (χ1n) is 11.3. The van der Waals surface area contributed by atoms with Crippen molar-refractivity contribution in [3.05, 3.63) is 131 Å². The lowest BCUT2D eigenvalue weighted by Crippen LogP contribution is -2.32. The first-order chi connectivity index (χ1) is 16.5. The summed E-state index contributed by atoms with van der Waals surface area (Å²) in [5, 5.41) is 17.2. The van der Waals surface area contributed by atoms with Gasteiger partial charge in [-0.05, 0) is 27.1 Å². The Morgan fingerprint density at radius 3 is 1.59 bits per heavy atom. The zero-order valence-corrected chi connectivity index (χ0v) is 19.6. The van der Waals surface area contributed by atoms with Crippen molar-refractivity contribution in [3.63, 3.8) is 0 Å². The molecule has 0 amide bonds. The summed E-state index contributed by atoms with van der Waals surface area (Å²) in [6.07, 6.45) is 0. The molecule has 0 saturated carbocycles. The Bertz CT molecular complexity index is 1450. The maximum Gasteiger partial charge on any atom is 0.224 e. The summed E-state index contributed by atoms with van der Waals surface area (Å²) in [5.41, 5.74) is -0.129. The molecule has 0 aliphatic rings. The Balaban J connectivity index is 1.94. The quantitative estimate of drug-likeness (QED) is 0.159. The molecule has 0 aromatic heterocycles. The summed E-state index contributed by atoms with van der Waals surface area (Å²) in [6.45, 7) is 1.57. The molecule has 0 spiro atoms. The lowest BCUT2D eigenvalue weighted by Gasteiger charge is -2.31. The lowest BCUT2D eigenvalue weighted by atomic mass is 10.1. The molecule has 0 unspecified atom stereocenters. The van der Waals surface area contributed by atoms with Gasteiger partial charge in [0.2, 0.25) is 6.04 Å². The van der Waals surface area contributed by atoms with Gasteiger partial charge in [-0.3, -0.25) is 10.1 Å². The minimum absolute atomic E-state index is 0.305. The molecule has 0 aliphatic carbocycles. The Morgan fingerprint density at radius 2 is 1.09 bits per heavy atom. The summed E-state index contributed by atoms with van der Waals surface area (Å²) < 4.78 is 15.8. The zero-order valence-electron chi connectivity index (χ0n) is 18.7. The van der Waals surface area contributed by atoms with Crippen LogP contribution in [0, 0.1) is 10.1 Å². The van der Waals surface area contributed by atoms with Gasteiger partial charge in [-0.2, -0.15) is 0 Å². The van der Waals surface area contributed by atoms with Crippen molar-refractivity contribution < 1.29 is 9.49 Å². The molecule has 4 nitrogen and oxygen atoms in total. The van der Waals surface area contributed by atoms with E-state index < -0.39 is 18.8 Å². The summed E-state index contributed by atoms with van der Waals surface area (Å²) in [4.78, 5) is 11.9. The number of hydrogen-bond donors (Lipinski definition) is 0. The molecule has 5 heteroatoms. The monoisotopic (exact) mass is 465 g/mol. The van der Waals surface area contributed by atoms with Crippen LogP contribution in [0.2, 0.25) is 0 Å². The van der Waals surface area contributed by atoms with Gasteiger partial charge in [0.25, 0.3) is 0 Å². The first-order valence-corrected chi connectivity index (χ1v) is 13.0. The highest BCUT2D eigenvalue weighted by atomic mass is 31.2. The van der Waals surface area contributed by atoms with Crippen molar-refractivity contribution in [1.82, 2.24) is 0 Å².